The third-order valence-electron chi connectivity index (χ3n) is 14.2. The first-order valence-corrected chi connectivity index (χ1v) is 25.5. The van der Waals surface area contributed by atoms with Crippen molar-refractivity contribution in [2.75, 3.05) is 0 Å². The first kappa shape index (κ1) is 36.4. The molecule has 0 aliphatic heterocycles. The fourth-order valence-corrected chi connectivity index (χ4v) is 19.1. The fourth-order valence-electron chi connectivity index (χ4n) is 12.7. The average molecular weight is 775 g/mol. The molecule has 8 saturated carbocycles. The normalized spacial score (nSPS) is 33.7. The van der Waals surface area contributed by atoms with Gasteiger partial charge in [0, 0.05) is 67.5 Å². The van der Waals surface area contributed by atoms with E-state index in [1.165, 1.54) is 11.7 Å². The Bertz CT molecular complexity index is 1580. The van der Waals surface area contributed by atoms with Crippen molar-refractivity contribution in [1.82, 2.24) is 19.9 Å². The van der Waals surface area contributed by atoms with Crippen LogP contribution in [0.3, 0.4) is 0 Å². The van der Waals surface area contributed by atoms with Crippen molar-refractivity contribution < 1.29 is 17.1 Å². The smallest absolute Gasteiger partial charge is 0.0665 e. The van der Waals surface area contributed by atoms with Gasteiger partial charge in [-0.3, -0.25) is 19.9 Å². The van der Waals surface area contributed by atoms with Gasteiger partial charge in [-0.15, -0.1) is 17.2 Å². The molecule has 0 N–H and O–H groups in total. The molecule has 4 aromatic rings. The summed E-state index contributed by atoms with van der Waals surface area (Å²) >= 11 is 0. The van der Waals surface area contributed by atoms with Gasteiger partial charge >= 0.3 is 0 Å². The van der Waals surface area contributed by atoms with Crippen molar-refractivity contribution in [3.63, 3.8) is 0 Å². The molecule has 1 atom stereocenters. The third kappa shape index (κ3) is 6.86. The minimum Gasteiger partial charge on any atom is -0.748 e. The summed E-state index contributed by atoms with van der Waals surface area (Å²) in [6.45, 7) is 7.55. The van der Waals surface area contributed by atoms with Crippen LogP contribution in [0.4, 0.5) is 0 Å². The Morgan fingerprint density at radius 3 is 1.43 bits per heavy atom. The second kappa shape index (κ2) is 14.6. The fraction of sp³-hybridized carbons (Fsp3) is 0.581. The van der Waals surface area contributed by atoms with Crippen LogP contribution in [0, 0.1) is 47.3 Å². The molecule has 276 valence electrons. The van der Waals surface area contributed by atoms with Gasteiger partial charge < -0.3 is 30.3 Å². The quantitative estimate of drug-likeness (QED) is 0.102. The van der Waals surface area contributed by atoms with Gasteiger partial charge in [-0.05, 0) is 123 Å². The van der Waals surface area contributed by atoms with Crippen molar-refractivity contribution in [1.29, 1.82) is 0 Å². The van der Waals surface area contributed by atoms with Gasteiger partial charge in [0.25, 0.3) is 0 Å². The molecule has 2 aromatic carbocycles. The van der Waals surface area contributed by atoms with Gasteiger partial charge in [0.2, 0.25) is 0 Å². The van der Waals surface area contributed by atoms with Crippen molar-refractivity contribution in [3.8, 4) is 0 Å². The van der Waals surface area contributed by atoms with E-state index >= 15 is 0 Å². The molecule has 0 saturated heterocycles. The molecule has 8 bridgehead atoms. The molecule has 8 aliphatic rings. The van der Waals surface area contributed by atoms with Gasteiger partial charge in [-0.2, -0.15) is 28.4 Å². The zero-order chi connectivity index (χ0) is 34.0. The van der Waals surface area contributed by atoms with E-state index in [4.69, 9.17) is 9.97 Å². The summed E-state index contributed by atoms with van der Waals surface area (Å²) in [6.07, 6.45) is 28.0. The minimum absolute atomic E-state index is 0. The van der Waals surface area contributed by atoms with Crippen LogP contribution in [0.2, 0.25) is 19.6 Å². The van der Waals surface area contributed by atoms with E-state index in [0.29, 0.717) is 0 Å². The topological polar surface area (TPSA) is 51.6 Å². The summed E-state index contributed by atoms with van der Waals surface area (Å²) in [5.74, 6) is 8.17. The van der Waals surface area contributed by atoms with E-state index in [1.807, 2.05) is 55.1 Å². The first-order valence-electron chi connectivity index (χ1n) is 19.8. The van der Waals surface area contributed by atoms with E-state index in [9.17, 15) is 0 Å². The van der Waals surface area contributed by atoms with Gasteiger partial charge in [-0.1, -0.05) is 25.8 Å². The molecule has 1 unspecified atom stereocenters. The SMILES string of the molecule is C[Si](C)(C)[c-]1cc(CP(C2C3CC4CC(C3)CC2C4)C2C3CC4CC(C3)CC2C4)c(C(P)(c2cnccn2)c2cnccn2)c1.[Fe].[cH-]1[cH-][cH-][cH-][cH-]1. The van der Waals surface area contributed by atoms with Crippen molar-refractivity contribution in [2.24, 2.45) is 47.3 Å². The van der Waals surface area contributed by atoms with Crippen molar-refractivity contribution >= 4 is 30.4 Å². The Morgan fingerprint density at radius 1 is 0.667 bits per heavy atom. The molecule has 2 aromatic heterocycles. The maximum absolute atomic E-state index is 4.96. The maximum atomic E-state index is 4.96. The summed E-state index contributed by atoms with van der Waals surface area (Å²) in [6, 6.07) is 15.3. The molecule has 51 heavy (non-hydrogen) atoms. The predicted octanol–water partition coefficient (Wildman–Crippen LogP) is 9.73. The molecule has 0 spiro atoms. The van der Waals surface area contributed by atoms with Crippen LogP contribution in [-0.2, 0) is 28.4 Å². The van der Waals surface area contributed by atoms with Crippen LogP contribution >= 0.6 is 17.2 Å². The second-order valence-electron chi connectivity index (χ2n) is 18.4. The number of nitrogens with zero attached hydrogens (tertiary/aromatic N) is 4. The van der Waals surface area contributed by atoms with E-state index < -0.39 is 13.2 Å². The van der Waals surface area contributed by atoms with E-state index in [2.05, 4.69) is 51.0 Å². The molecule has 8 aliphatic carbocycles. The summed E-state index contributed by atoms with van der Waals surface area (Å²) in [7, 11) is 1.55. The Kier molecular flexibility index (Phi) is 10.4. The van der Waals surface area contributed by atoms with Crippen molar-refractivity contribution in [2.45, 2.75) is 106 Å². The maximum Gasteiger partial charge on any atom is 0.0665 e. The van der Waals surface area contributed by atoms with Crippen LogP contribution in [0.1, 0.15) is 86.7 Å². The van der Waals surface area contributed by atoms with Gasteiger partial charge in [0.1, 0.15) is 0 Å². The van der Waals surface area contributed by atoms with Crippen LogP contribution in [-0.4, -0.2) is 39.3 Å². The largest absolute Gasteiger partial charge is 0.748 e. The Balaban J connectivity index is 0.000000576. The number of rotatable bonds is 8. The summed E-state index contributed by atoms with van der Waals surface area (Å²) < 4.78 is 0. The van der Waals surface area contributed by atoms with Gasteiger partial charge in [0.15, 0.2) is 0 Å². The Morgan fingerprint density at radius 2 is 1.08 bits per heavy atom. The standard InChI is InChI=1S/C38H51N4P2Si.C5H5.Fe/c1-45(2,3)32-18-31(33(19-32)38(43,34-20-39-4-6-41-34)35-21-40-5-7-42-35)22-44(36-27-10-23-8-24(12-27)13-28(36)11-23)37-29-14-25-9-26(16-29)17-30(37)15-25;1-2-4-5-3-1;/h4-7,18-21,23-30,36-37H,8-17,22,43H2,1-3H3;1-5H;/q-1;-5;. The number of hydrogen-bond donors (Lipinski definition) is 0. The second-order valence-corrected chi connectivity index (χ2v) is 26.9. The average Bonchev–Trinajstić information content (AvgIpc) is 3.83. The van der Waals surface area contributed by atoms with E-state index in [0.717, 1.165) is 70.0 Å². The Labute approximate surface area is 321 Å². The molecule has 4 nitrogen and oxygen atoms in total. The molecule has 12 rings (SSSR count). The zero-order valence-corrected chi connectivity index (χ0v) is 34.9. The number of hydrogen-bond acceptors (Lipinski definition) is 4. The molecule has 0 radical (unpaired) electrons. The minimum atomic E-state index is -1.58. The molecule has 2 heterocycles. The summed E-state index contributed by atoms with van der Waals surface area (Å²) in [5, 5.41) is 1.02. The summed E-state index contributed by atoms with van der Waals surface area (Å²) in [4.78, 5) is 19.1. The van der Waals surface area contributed by atoms with Crippen LogP contribution < -0.4 is 5.19 Å². The van der Waals surface area contributed by atoms with Gasteiger partial charge in [-0.25, -0.2) is 0 Å². The first-order chi connectivity index (χ1) is 24.2. The van der Waals surface area contributed by atoms with E-state index in [-0.39, 0.29) is 25.0 Å². The molecule has 8 heteroatoms. The van der Waals surface area contributed by atoms with Crippen LogP contribution in [0.25, 0.3) is 0 Å². The van der Waals surface area contributed by atoms with Crippen LogP contribution in [0.15, 0.2) is 79.6 Å². The predicted molar refractivity (Wildman–Crippen MR) is 213 cm³/mol. The number of aromatic nitrogens is 4. The zero-order valence-electron chi connectivity index (χ0n) is 30.7. The van der Waals surface area contributed by atoms with Gasteiger partial charge in [0.05, 0.1) is 11.4 Å². The van der Waals surface area contributed by atoms with Crippen LogP contribution in [0.5, 0.6) is 0 Å². The van der Waals surface area contributed by atoms with E-state index in [1.54, 1.807) is 87.4 Å². The monoisotopic (exact) mass is 774 g/mol. The molecular weight excluding hydrogens is 718 g/mol. The molecular formula is C43H56FeN4P2Si-6. The third-order valence-corrected chi connectivity index (χ3v) is 21.1. The summed E-state index contributed by atoms with van der Waals surface area (Å²) in [5.41, 5.74) is 6.90. The van der Waals surface area contributed by atoms with Crippen molar-refractivity contribution in [3.05, 3.63) is 102 Å². The molecule has 0 amide bonds. The molecule has 8 fully saturated rings. The Hall–Kier alpha value is -1.54.